The van der Waals surface area contributed by atoms with Crippen LogP contribution in [0.5, 0.6) is 0 Å². The molecule has 0 spiro atoms. The summed E-state index contributed by atoms with van der Waals surface area (Å²) < 4.78 is 5.05. The molecule has 0 radical (unpaired) electrons. The van der Waals surface area contributed by atoms with E-state index >= 15 is 0 Å². The minimum Gasteiger partial charge on any atom is -0.465 e. The number of nitrogens with one attached hydrogen (secondary N) is 1. The van der Waals surface area contributed by atoms with Crippen molar-refractivity contribution in [3.05, 3.63) is 34.7 Å². The SMILES string of the molecule is COC(=O)c1cc(-c2ccsc2)cnc1N1CCC(NC2CCCCC2)CC1. The fraction of sp³-hybridized carbons (Fsp3) is 0.545. The fourth-order valence-electron chi connectivity index (χ4n) is 4.42. The maximum absolute atomic E-state index is 12.4. The van der Waals surface area contributed by atoms with Gasteiger partial charge in [0.1, 0.15) is 11.4 Å². The zero-order valence-electron chi connectivity index (χ0n) is 16.5. The van der Waals surface area contributed by atoms with E-state index in [9.17, 15) is 4.79 Å². The minimum atomic E-state index is -0.318. The number of rotatable bonds is 5. The van der Waals surface area contributed by atoms with E-state index < -0.39 is 0 Å². The Kier molecular flexibility index (Phi) is 6.27. The number of pyridine rings is 1. The number of ether oxygens (including phenoxy) is 1. The lowest BCUT2D eigenvalue weighted by molar-refractivity contribution is 0.0601. The highest BCUT2D eigenvalue weighted by Gasteiger charge is 2.26. The number of piperidine rings is 1. The van der Waals surface area contributed by atoms with Crippen molar-refractivity contribution >= 4 is 23.1 Å². The molecule has 4 rings (SSSR count). The Morgan fingerprint density at radius 1 is 1.14 bits per heavy atom. The molecule has 1 aliphatic carbocycles. The van der Waals surface area contributed by atoms with E-state index in [0.29, 0.717) is 17.6 Å². The van der Waals surface area contributed by atoms with Gasteiger partial charge in [0.2, 0.25) is 0 Å². The van der Waals surface area contributed by atoms with E-state index in [1.807, 2.05) is 23.7 Å². The molecule has 2 fully saturated rings. The second kappa shape index (κ2) is 9.05. The summed E-state index contributed by atoms with van der Waals surface area (Å²) in [7, 11) is 1.43. The number of esters is 1. The van der Waals surface area contributed by atoms with Gasteiger partial charge >= 0.3 is 5.97 Å². The number of hydrogen-bond acceptors (Lipinski definition) is 6. The van der Waals surface area contributed by atoms with Gasteiger partial charge in [-0.1, -0.05) is 19.3 Å². The van der Waals surface area contributed by atoms with Crippen LogP contribution < -0.4 is 10.2 Å². The van der Waals surface area contributed by atoms with Crippen LogP contribution in [0, 0.1) is 0 Å². The molecule has 1 aliphatic heterocycles. The minimum absolute atomic E-state index is 0.318. The quantitative estimate of drug-likeness (QED) is 0.751. The van der Waals surface area contributed by atoms with Crippen LogP contribution in [0.1, 0.15) is 55.3 Å². The van der Waals surface area contributed by atoms with Gasteiger partial charge in [-0.05, 0) is 54.1 Å². The third kappa shape index (κ3) is 4.39. The van der Waals surface area contributed by atoms with Crippen molar-refractivity contribution in [2.45, 2.75) is 57.0 Å². The molecule has 28 heavy (non-hydrogen) atoms. The van der Waals surface area contributed by atoms with Crippen LogP contribution in [0.25, 0.3) is 11.1 Å². The average molecular weight is 400 g/mol. The lowest BCUT2D eigenvalue weighted by Crippen LogP contribution is -2.47. The first-order valence-electron chi connectivity index (χ1n) is 10.4. The standard InChI is InChI=1S/C22H29N3O2S/c1-27-22(26)20-13-17(16-9-12-28-15-16)14-23-21(20)25-10-7-19(8-11-25)24-18-5-3-2-4-6-18/h9,12-15,18-19,24H,2-8,10-11H2,1H3. The van der Waals surface area contributed by atoms with Crippen molar-refractivity contribution in [3.8, 4) is 11.1 Å². The Hall–Kier alpha value is -1.92. The average Bonchev–Trinajstić information content (AvgIpc) is 3.29. The maximum Gasteiger partial charge on any atom is 0.341 e. The molecule has 1 N–H and O–H groups in total. The number of aromatic nitrogens is 1. The number of anilines is 1. The van der Waals surface area contributed by atoms with Crippen LogP contribution in [0.3, 0.4) is 0 Å². The molecule has 0 atom stereocenters. The Bertz CT molecular complexity index is 779. The monoisotopic (exact) mass is 399 g/mol. The first-order chi connectivity index (χ1) is 13.7. The molecule has 0 unspecified atom stereocenters. The van der Waals surface area contributed by atoms with Gasteiger partial charge in [0.05, 0.1) is 7.11 Å². The maximum atomic E-state index is 12.4. The van der Waals surface area contributed by atoms with E-state index in [-0.39, 0.29) is 5.97 Å². The van der Waals surface area contributed by atoms with Crippen LogP contribution >= 0.6 is 11.3 Å². The molecule has 2 aromatic heterocycles. The molecule has 5 nitrogen and oxygen atoms in total. The Labute approximate surface area is 171 Å². The van der Waals surface area contributed by atoms with Gasteiger partial charge in [0.15, 0.2) is 0 Å². The molecule has 0 bridgehead atoms. The topological polar surface area (TPSA) is 54.5 Å². The largest absolute Gasteiger partial charge is 0.465 e. The number of hydrogen-bond donors (Lipinski definition) is 1. The van der Waals surface area contributed by atoms with Gasteiger partial charge in [-0.25, -0.2) is 9.78 Å². The van der Waals surface area contributed by atoms with Gasteiger partial charge < -0.3 is 15.0 Å². The summed E-state index contributed by atoms with van der Waals surface area (Å²) >= 11 is 1.64. The van der Waals surface area contributed by atoms with Crippen LogP contribution in [-0.2, 0) is 4.74 Å². The molecule has 1 saturated carbocycles. The van der Waals surface area contributed by atoms with E-state index in [0.717, 1.165) is 42.9 Å². The van der Waals surface area contributed by atoms with Crippen LogP contribution in [-0.4, -0.2) is 43.2 Å². The van der Waals surface area contributed by atoms with Crippen molar-refractivity contribution in [1.82, 2.24) is 10.3 Å². The van der Waals surface area contributed by atoms with Crippen molar-refractivity contribution in [2.24, 2.45) is 0 Å². The summed E-state index contributed by atoms with van der Waals surface area (Å²) in [5.74, 6) is 0.434. The van der Waals surface area contributed by atoms with Gasteiger partial charge in [-0.2, -0.15) is 11.3 Å². The third-order valence-electron chi connectivity index (χ3n) is 6.00. The lowest BCUT2D eigenvalue weighted by atomic mass is 9.93. The molecule has 2 aromatic rings. The van der Waals surface area contributed by atoms with Crippen LogP contribution in [0.4, 0.5) is 5.82 Å². The van der Waals surface area contributed by atoms with E-state index in [1.165, 1.54) is 39.2 Å². The number of carbonyl (C=O) groups excluding carboxylic acids is 1. The van der Waals surface area contributed by atoms with Crippen LogP contribution in [0.15, 0.2) is 29.1 Å². The molecule has 3 heterocycles. The molecular weight excluding hydrogens is 370 g/mol. The molecular formula is C22H29N3O2S. The third-order valence-corrected chi connectivity index (χ3v) is 6.68. The van der Waals surface area contributed by atoms with Gasteiger partial charge in [-0.15, -0.1) is 0 Å². The zero-order valence-corrected chi connectivity index (χ0v) is 17.3. The number of carbonyl (C=O) groups is 1. The van der Waals surface area contributed by atoms with Crippen molar-refractivity contribution in [1.29, 1.82) is 0 Å². The van der Waals surface area contributed by atoms with E-state index in [2.05, 4.69) is 20.6 Å². The lowest BCUT2D eigenvalue weighted by Gasteiger charge is -2.36. The Morgan fingerprint density at radius 2 is 1.89 bits per heavy atom. The number of nitrogens with zero attached hydrogens (tertiary/aromatic N) is 2. The summed E-state index contributed by atoms with van der Waals surface area (Å²) in [5.41, 5.74) is 2.61. The van der Waals surface area contributed by atoms with E-state index in [1.54, 1.807) is 11.3 Å². The fourth-order valence-corrected chi connectivity index (χ4v) is 5.08. The molecule has 150 valence electrons. The van der Waals surface area contributed by atoms with Gasteiger partial charge in [-0.3, -0.25) is 0 Å². The Morgan fingerprint density at radius 3 is 2.57 bits per heavy atom. The molecule has 2 aliphatic rings. The normalized spacial score (nSPS) is 19.0. The summed E-state index contributed by atoms with van der Waals surface area (Å²) in [4.78, 5) is 19.3. The van der Waals surface area contributed by atoms with Gasteiger partial charge in [0.25, 0.3) is 0 Å². The highest BCUT2D eigenvalue weighted by atomic mass is 32.1. The highest BCUT2D eigenvalue weighted by molar-refractivity contribution is 7.08. The smallest absolute Gasteiger partial charge is 0.341 e. The second-order valence-corrected chi connectivity index (χ2v) is 8.64. The summed E-state index contributed by atoms with van der Waals surface area (Å²) in [6.45, 7) is 1.83. The van der Waals surface area contributed by atoms with Crippen molar-refractivity contribution in [3.63, 3.8) is 0 Å². The van der Waals surface area contributed by atoms with Crippen molar-refractivity contribution in [2.75, 3.05) is 25.1 Å². The summed E-state index contributed by atoms with van der Waals surface area (Å²) in [5, 5.41) is 7.97. The first kappa shape index (κ1) is 19.4. The molecule has 0 amide bonds. The van der Waals surface area contributed by atoms with Gasteiger partial charge in [0, 0.05) is 36.9 Å². The highest BCUT2D eigenvalue weighted by Crippen LogP contribution is 2.29. The second-order valence-electron chi connectivity index (χ2n) is 7.86. The molecule has 6 heteroatoms. The molecule has 1 saturated heterocycles. The summed E-state index contributed by atoms with van der Waals surface area (Å²) in [6, 6.07) is 5.23. The van der Waals surface area contributed by atoms with Crippen LogP contribution in [0.2, 0.25) is 0 Å². The number of methoxy groups -OCH3 is 1. The molecule has 0 aromatic carbocycles. The number of thiophene rings is 1. The Balaban J connectivity index is 1.45. The predicted molar refractivity (Wildman–Crippen MR) is 114 cm³/mol. The van der Waals surface area contributed by atoms with Crippen molar-refractivity contribution < 1.29 is 9.53 Å². The predicted octanol–water partition coefficient (Wildman–Crippen LogP) is 4.49. The summed E-state index contributed by atoms with van der Waals surface area (Å²) in [6.07, 6.45) is 10.8. The van der Waals surface area contributed by atoms with E-state index in [4.69, 9.17) is 4.74 Å². The zero-order chi connectivity index (χ0) is 19.3. The first-order valence-corrected chi connectivity index (χ1v) is 11.3.